The molecule has 1 aliphatic rings. The van der Waals surface area contributed by atoms with Gasteiger partial charge < -0.3 is 0 Å². The van der Waals surface area contributed by atoms with E-state index in [0.717, 1.165) is 0 Å². The van der Waals surface area contributed by atoms with Crippen LogP contribution >= 0.6 is 0 Å². The molecule has 84 valence electrons. The van der Waals surface area contributed by atoms with E-state index in [2.05, 4.69) is 20.8 Å². The number of carbonyl (C=O) groups is 1. The zero-order valence-electron chi connectivity index (χ0n) is 10.4. The Hall–Kier alpha value is 0.0721. The average molecular weight is 402 g/mol. The molecule has 0 aliphatic heterocycles. The predicted octanol–water partition coefficient (Wildman–Crippen LogP) is 2.74. The standard InChI is InChI=1S/C13H20O.Pb.2H/c1-10-6-5-9-13(3,4)12(10)8-7-11(2)14;;;/h7-8H,5-6,9H2,1-4H3;;;/b8-7+;;;. The molecule has 0 N–H and O–H groups in total. The summed E-state index contributed by atoms with van der Waals surface area (Å²) in [6, 6.07) is 0. The van der Waals surface area contributed by atoms with Crippen LogP contribution in [0.1, 0.15) is 47.0 Å². The molecule has 0 atom stereocenters. The van der Waals surface area contributed by atoms with Gasteiger partial charge in [0.05, 0.1) is 0 Å². The van der Waals surface area contributed by atoms with Crippen LogP contribution in [0.4, 0.5) is 0 Å². The molecule has 2 heteroatoms. The number of hydrogen-bond acceptors (Lipinski definition) is 1. The molecular formula is C13H22OPb. The first-order chi connectivity index (χ1) is 6.43. The van der Waals surface area contributed by atoms with Crippen LogP contribution in [-0.4, -0.2) is 33.1 Å². The third-order valence-electron chi connectivity index (χ3n) is 3.03. The molecule has 1 nitrogen and oxygen atoms in total. The molecule has 0 heterocycles. The maximum absolute atomic E-state index is 10.9. The van der Waals surface area contributed by atoms with E-state index in [1.165, 1.54) is 30.4 Å². The Morgan fingerprint density at radius 2 is 2.00 bits per heavy atom. The molecule has 0 saturated carbocycles. The predicted molar refractivity (Wildman–Crippen MR) is 68.7 cm³/mol. The molecule has 1 rings (SSSR count). The van der Waals surface area contributed by atoms with Crippen molar-refractivity contribution in [3.63, 3.8) is 0 Å². The van der Waals surface area contributed by atoms with Gasteiger partial charge >= 0.3 is 27.3 Å². The van der Waals surface area contributed by atoms with E-state index >= 15 is 0 Å². The molecule has 0 unspecified atom stereocenters. The first-order valence-corrected chi connectivity index (χ1v) is 5.32. The Balaban J connectivity index is 0.00000196. The third kappa shape index (κ3) is 4.21. The Bertz CT molecular complexity index is 298. The van der Waals surface area contributed by atoms with Gasteiger partial charge in [-0.25, -0.2) is 0 Å². The fourth-order valence-corrected chi connectivity index (χ4v) is 2.21. The van der Waals surface area contributed by atoms with Gasteiger partial charge in [0.2, 0.25) is 0 Å². The summed E-state index contributed by atoms with van der Waals surface area (Å²) in [6.07, 6.45) is 7.38. The van der Waals surface area contributed by atoms with Crippen LogP contribution in [0.25, 0.3) is 0 Å². The van der Waals surface area contributed by atoms with Gasteiger partial charge in [-0.1, -0.05) is 25.5 Å². The van der Waals surface area contributed by atoms with Crippen molar-refractivity contribution in [3.8, 4) is 0 Å². The molecule has 0 aromatic rings. The topological polar surface area (TPSA) is 17.1 Å². The van der Waals surface area contributed by atoms with Crippen LogP contribution in [0.15, 0.2) is 23.3 Å². The second-order valence-corrected chi connectivity index (χ2v) is 4.88. The van der Waals surface area contributed by atoms with Crippen LogP contribution in [0.2, 0.25) is 0 Å². The second-order valence-electron chi connectivity index (χ2n) is 4.88. The zero-order valence-corrected chi connectivity index (χ0v) is 15.9. The molecule has 0 saturated heterocycles. The molecule has 15 heavy (non-hydrogen) atoms. The van der Waals surface area contributed by atoms with Crippen LogP contribution in [0.5, 0.6) is 0 Å². The number of allylic oxidation sites excluding steroid dienone is 4. The van der Waals surface area contributed by atoms with E-state index in [1.807, 2.05) is 6.08 Å². The van der Waals surface area contributed by atoms with Gasteiger partial charge in [0.15, 0.2) is 5.78 Å². The summed E-state index contributed by atoms with van der Waals surface area (Å²) in [5.74, 6) is 0.131. The first kappa shape index (κ1) is 15.1. The van der Waals surface area contributed by atoms with E-state index < -0.39 is 0 Å². The summed E-state index contributed by atoms with van der Waals surface area (Å²) in [6.45, 7) is 8.30. The van der Waals surface area contributed by atoms with Crippen LogP contribution in [0, 0.1) is 5.41 Å². The minimum atomic E-state index is 0. The monoisotopic (exact) mass is 402 g/mol. The van der Waals surface area contributed by atoms with Crippen molar-refractivity contribution in [2.24, 2.45) is 5.41 Å². The Kier molecular flexibility index (Phi) is 6.00. The number of hydrogen-bond donors (Lipinski definition) is 0. The fourth-order valence-electron chi connectivity index (χ4n) is 2.21. The molecule has 0 aromatic carbocycles. The van der Waals surface area contributed by atoms with E-state index in [-0.39, 0.29) is 38.5 Å². The van der Waals surface area contributed by atoms with Gasteiger partial charge in [0.1, 0.15) is 0 Å². The molecule has 0 bridgehead atoms. The number of ketones is 1. The average Bonchev–Trinajstić information content (AvgIpc) is 2.01. The van der Waals surface area contributed by atoms with Crippen LogP contribution in [-0.2, 0) is 4.79 Å². The summed E-state index contributed by atoms with van der Waals surface area (Å²) in [4.78, 5) is 10.9. The first-order valence-electron chi connectivity index (χ1n) is 5.32. The second kappa shape index (κ2) is 5.97. The van der Waals surface area contributed by atoms with Gasteiger partial charge in [-0.05, 0) is 50.2 Å². The normalized spacial score (nSPS) is 20.3. The summed E-state index contributed by atoms with van der Waals surface area (Å²) < 4.78 is 0. The fraction of sp³-hybridized carbons (Fsp3) is 0.615. The van der Waals surface area contributed by atoms with Crippen molar-refractivity contribution >= 4 is 33.1 Å². The summed E-state index contributed by atoms with van der Waals surface area (Å²) in [5.41, 5.74) is 3.05. The summed E-state index contributed by atoms with van der Waals surface area (Å²) in [7, 11) is 0. The van der Waals surface area contributed by atoms with Crippen LogP contribution < -0.4 is 0 Å². The van der Waals surface area contributed by atoms with Crippen molar-refractivity contribution in [3.05, 3.63) is 23.3 Å². The Morgan fingerprint density at radius 3 is 2.47 bits per heavy atom. The maximum atomic E-state index is 10.9. The van der Waals surface area contributed by atoms with Gasteiger partial charge in [-0.15, -0.1) is 0 Å². The molecule has 0 aromatic heterocycles. The quantitative estimate of drug-likeness (QED) is 0.514. The van der Waals surface area contributed by atoms with E-state index in [0.29, 0.717) is 0 Å². The van der Waals surface area contributed by atoms with Gasteiger partial charge in [0.25, 0.3) is 0 Å². The Labute approximate surface area is 113 Å². The molecule has 1 aliphatic carbocycles. The van der Waals surface area contributed by atoms with E-state index in [9.17, 15) is 4.79 Å². The van der Waals surface area contributed by atoms with Gasteiger partial charge in [-0.3, -0.25) is 4.79 Å². The van der Waals surface area contributed by atoms with Gasteiger partial charge in [-0.2, -0.15) is 0 Å². The van der Waals surface area contributed by atoms with Crippen molar-refractivity contribution in [2.75, 3.05) is 0 Å². The number of carbonyl (C=O) groups excluding carboxylic acids is 1. The molecule has 0 spiro atoms. The molecule has 2 radical (unpaired) electrons. The molecule has 0 fully saturated rings. The third-order valence-corrected chi connectivity index (χ3v) is 3.03. The van der Waals surface area contributed by atoms with Gasteiger partial charge in [0, 0.05) is 0 Å². The minimum absolute atomic E-state index is 0. The SMILES string of the molecule is CC(=O)/C=C/C1=C(C)CCCC1(C)C.[PbH2]. The van der Waals surface area contributed by atoms with Crippen LogP contribution in [0.3, 0.4) is 0 Å². The Morgan fingerprint density at radius 1 is 1.40 bits per heavy atom. The molecule has 0 amide bonds. The number of rotatable bonds is 2. The van der Waals surface area contributed by atoms with Crippen molar-refractivity contribution in [1.29, 1.82) is 0 Å². The van der Waals surface area contributed by atoms with Crippen molar-refractivity contribution < 1.29 is 4.79 Å². The summed E-state index contributed by atoms with van der Waals surface area (Å²) in [5, 5.41) is 0. The molecular weight excluding hydrogens is 379 g/mol. The van der Waals surface area contributed by atoms with Crippen molar-refractivity contribution in [1.82, 2.24) is 0 Å². The summed E-state index contributed by atoms with van der Waals surface area (Å²) >= 11 is 0. The zero-order chi connectivity index (χ0) is 10.8. The van der Waals surface area contributed by atoms with E-state index in [4.69, 9.17) is 0 Å². The van der Waals surface area contributed by atoms with Crippen molar-refractivity contribution in [2.45, 2.75) is 47.0 Å². The van der Waals surface area contributed by atoms with E-state index in [1.54, 1.807) is 13.0 Å².